The molecule has 3 atom stereocenters. The Hall–Kier alpha value is -2.33. The molecule has 9 heteroatoms. The van der Waals surface area contributed by atoms with E-state index in [4.69, 9.17) is 10.5 Å². The van der Waals surface area contributed by atoms with Gasteiger partial charge in [-0.2, -0.15) is 4.31 Å². The van der Waals surface area contributed by atoms with Crippen molar-refractivity contribution in [2.45, 2.75) is 68.9 Å². The van der Waals surface area contributed by atoms with Crippen LogP contribution in [0.15, 0.2) is 48.5 Å². The molecular formula is C26H34FN3O4S. The molecule has 0 aliphatic carbocycles. The number of nitrogens with two attached hydrogens (primary N) is 1. The quantitative estimate of drug-likeness (QED) is 0.603. The number of amides is 1. The van der Waals surface area contributed by atoms with Gasteiger partial charge in [0, 0.05) is 36.9 Å². The van der Waals surface area contributed by atoms with Crippen molar-refractivity contribution in [3.63, 3.8) is 0 Å². The molecule has 0 spiro atoms. The zero-order valence-corrected chi connectivity index (χ0v) is 21.1. The van der Waals surface area contributed by atoms with Crippen LogP contribution in [0.4, 0.5) is 4.39 Å². The molecule has 2 saturated heterocycles. The maximum Gasteiger partial charge on any atom is 0.234 e. The van der Waals surface area contributed by atoms with Gasteiger partial charge in [0.25, 0.3) is 0 Å². The number of benzene rings is 2. The minimum Gasteiger partial charge on any atom is -0.381 e. The van der Waals surface area contributed by atoms with Crippen LogP contribution in [-0.2, 0) is 31.6 Å². The van der Waals surface area contributed by atoms with Crippen molar-refractivity contribution in [2.24, 2.45) is 5.73 Å². The Morgan fingerprint density at radius 1 is 1.20 bits per heavy atom. The van der Waals surface area contributed by atoms with Gasteiger partial charge in [-0.3, -0.25) is 10.1 Å². The van der Waals surface area contributed by atoms with Crippen LogP contribution < -0.4 is 11.1 Å². The number of hydrogen-bond donors (Lipinski definition) is 2. The summed E-state index contributed by atoms with van der Waals surface area (Å²) in [6.07, 6.45) is 2.38. The van der Waals surface area contributed by atoms with Crippen LogP contribution in [-0.4, -0.2) is 43.9 Å². The number of ether oxygens (including phenoxy) is 1. The van der Waals surface area contributed by atoms with E-state index in [1.165, 1.54) is 10.4 Å². The van der Waals surface area contributed by atoms with E-state index in [-0.39, 0.29) is 12.6 Å². The van der Waals surface area contributed by atoms with E-state index in [2.05, 4.69) is 5.32 Å². The molecule has 0 bridgehead atoms. The molecule has 2 aromatic carbocycles. The summed E-state index contributed by atoms with van der Waals surface area (Å²) in [5.74, 6) is -0.948. The predicted molar refractivity (Wildman–Crippen MR) is 132 cm³/mol. The molecule has 35 heavy (non-hydrogen) atoms. The number of rotatable bonds is 7. The Balaban J connectivity index is 1.61. The molecule has 0 unspecified atom stereocenters. The van der Waals surface area contributed by atoms with Gasteiger partial charge in [0.05, 0.1) is 6.04 Å². The molecule has 190 valence electrons. The summed E-state index contributed by atoms with van der Waals surface area (Å²) in [6.45, 7) is 4.49. The molecule has 7 nitrogen and oxygen atoms in total. The van der Waals surface area contributed by atoms with Crippen LogP contribution in [0.2, 0.25) is 0 Å². The zero-order chi connectivity index (χ0) is 25.2. The average molecular weight is 504 g/mol. The Kier molecular flexibility index (Phi) is 7.61. The SMILES string of the molecule is C[C@H](NC1(c2ccc(CN3[C@@H](C)CC[C@H](c4ccccc4)S3(=O)=O)c(F)c2)CCOCC1)C(N)=O. The summed E-state index contributed by atoms with van der Waals surface area (Å²) >= 11 is 0. The lowest BCUT2D eigenvalue weighted by atomic mass is 9.81. The third kappa shape index (κ3) is 5.28. The summed E-state index contributed by atoms with van der Waals surface area (Å²) < 4.78 is 49.4. The fourth-order valence-corrected chi connectivity index (χ4v) is 7.40. The van der Waals surface area contributed by atoms with Crippen molar-refractivity contribution in [1.29, 1.82) is 0 Å². The monoisotopic (exact) mass is 503 g/mol. The second-order valence-corrected chi connectivity index (χ2v) is 11.8. The third-order valence-corrected chi connectivity index (χ3v) is 9.76. The number of carbonyl (C=O) groups excluding carboxylic acids is 1. The summed E-state index contributed by atoms with van der Waals surface area (Å²) in [5.41, 5.74) is 6.61. The number of nitrogens with zero attached hydrogens (tertiary/aromatic N) is 1. The number of nitrogens with one attached hydrogen (secondary N) is 1. The Bertz CT molecular complexity index is 1150. The van der Waals surface area contributed by atoms with Gasteiger partial charge in [-0.15, -0.1) is 0 Å². The molecule has 2 aliphatic rings. The van der Waals surface area contributed by atoms with Crippen LogP contribution in [0.25, 0.3) is 0 Å². The highest BCUT2D eigenvalue weighted by molar-refractivity contribution is 7.89. The Morgan fingerprint density at radius 3 is 2.51 bits per heavy atom. The van der Waals surface area contributed by atoms with Gasteiger partial charge in [-0.1, -0.05) is 42.5 Å². The van der Waals surface area contributed by atoms with Gasteiger partial charge in [0.15, 0.2) is 0 Å². The molecule has 1 amide bonds. The van der Waals surface area contributed by atoms with E-state index in [1.807, 2.05) is 43.3 Å². The van der Waals surface area contributed by atoms with E-state index in [9.17, 15) is 13.2 Å². The first-order chi connectivity index (χ1) is 16.6. The maximum absolute atomic E-state index is 15.5. The number of sulfonamides is 1. The zero-order valence-electron chi connectivity index (χ0n) is 20.2. The molecule has 0 radical (unpaired) electrons. The fraction of sp³-hybridized carbons (Fsp3) is 0.500. The number of carbonyl (C=O) groups is 1. The molecule has 4 rings (SSSR count). The minimum atomic E-state index is -3.66. The van der Waals surface area contributed by atoms with Gasteiger partial charge in [-0.05, 0) is 56.7 Å². The first kappa shape index (κ1) is 25.8. The van der Waals surface area contributed by atoms with Crippen LogP contribution in [0.5, 0.6) is 0 Å². The lowest BCUT2D eigenvalue weighted by Gasteiger charge is -2.40. The molecule has 2 heterocycles. The second kappa shape index (κ2) is 10.3. The lowest BCUT2D eigenvalue weighted by molar-refractivity contribution is -0.120. The summed E-state index contributed by atoms with van der Waals surface area (Å²) in [4.78, 5) is 11.7. The van der Waals surface area contributed by atoms with E-state index < -0.39 is 38.6 Å². The van der Waals surface area contributed by atoms with Crippen molar-refractivity contribution in [2.75, 3.05) is 13.2 Å². The van der Waals surface area contributed by atoms with E-state index in [0.29, 0.717) is 50.0 Å². The van der Waals surface area contributed by atoms with Crippen LogP contribution in [0.3, 0.4) is 0 Å². The van der Waals surface area contributed by atoms with Gasteiger partial charge in [0.2, 0.25) is 15.9 Å². The van der Waals surface area contributed by atoms with Crippen molar-refractivity contribution in [3.8, 4) is 0 Å². The predicted octanol–water partition coefficient (Wildman–Crippen LogP) is 3.35. The maximum atomic E-state index is 15.5. The smallest absolute Gasteiger partial charge is 0.234 e. The van der Waals surface area contributed by atoms with E-state index in [0.717, 1.165) is 5.56 Å². The summed E-state index contributed by atoms with van der Waals surface area (Å²) in [6, 6.07) is 13.3. The fourth-order valence-electron chi connectivity index (χ4n) is 5.21. The van der Waals surface area contributed by atoms with Gasteiger partial charge in [-0.25, -0.2) is 12.8 Å². The molecule has 0 saturated carbocycles. The molecule has 0 aromatic heterocycles. The largest absolute Gasteiger partial charge is 0.381 e. The van der Waals surface area contributed by atoms with Crippen molar-refractivity contribution >= 4 is 15.9 Å². The van der Waals surface area contributed by atoms with Crippen LogP contribution in [0.1, 0.15) is 61.5 Å². The lowest BCUT2D eigenvalue weighted by Crippen LogP contribution is -2.54. The Labute approximate surface area is 206 Å². The molecule has 2 fully saturated rings. The molecule has 3 N–H and O–H groups in total. The highest BCUT2D eigenvalue weighted by atomic mass is 32.2. The van der Waals surface area contributed by atoms with Crippen molar-refractivity contribution in [1.82, 2.24) is 9.62 Å². The van der Waals surface area contributed by atoms with E-state index in [1.54, 1.807) is 13.0 Å². The normalized spacial score (nSPS) is 25.1. The molecular weight excluding hydrogens is 469 g/mol. The first-order valence-electron chi connectivity index (χ1n) is 12.1. The molecule has 2 aromatic rings. The number of hydrogen-bond acceptors (Lipinski definition) is 5. The summed E-state index contributed by atoms with van der Waals surface area (Å²) in [7, 11) is -3.66. The van der Waals surface area contributed by atoms with Gasteiger partial charge < -0.3 is 10.5 Å². The second-order valence-electron chi connectivity index (χ2n) is 9.68. The van der Waals surface area contributed by atoms with Gasteiger partial charge >= 0.3 is 0 Å². The summed E-state index contributed by atoms with van der Waals surface area (Å²) in [5, 5.41) is 2.66. The van der Waals surface area contributed by atoms with Crippen LogP contribution >= 0.6 is 0 Å². The van der Waals surface area contributed by atoms with E-state index >= 15 is 4.39 Å². The standard InChI is InChI=1S/C26H34FN3O4S/c1-18-8-11-24(20-6-4-3-5-7-20)35(32,33)30(18)17-21-9-10-22(16-23(21)27)26(12-14-34-15-13-26)29-19(2)25(28)31/h3-7,9-10,16,18-19,24,29H,8,11-15,17H2,1-2H3,(H2,28,31)/t18-,19-,24+/m0/s1. The molecule has 2 aliphatic heterocycles. The first-order valence-corrected chi connectivity index (χ1v) is 13.6. The average Bonchev–Trinajstić information content (AvgIpc) is 2.83. The number of halogens is 1. The Morgan fingerprint density at radius 2 is 1.89 bits per heavy atom. The van der Waals surface area contributed by atoms with Crippen LogP contribution in [0, 0.1) is 5.82 Å². The number of primary amides is 1. The van der Waals surface area contributed by atoms with Gasteiger partial charge in [0.1, 0.15) is 11.1 Å². The highest BCUT2D eigenvalue weighted by Crippen LogP contribution is 2.39. The third-order valence-electron chi connectivity index (χ3n) is 7.39. The topological polar surface area (TPSA) is 102 Å². The minimum absolute atomic E-state index is 0.0276. The highest BCUT2D eigenvalue weighted by Gasteiger charge is 2.41. The van der Waals surface area contributed by atoms with Crippen molar-refractivity contribution in [3.05, 3.63) is 71.0 Å². The van der Waals surface area contributed by atoms with Crippen molar-refractivity contribution < 1.29 is 22.3 Å².